The molecule has 0 saturated heterocycles. The zero-order valence-corrected chi connectivity index (χ0v) is 9.58. The van der Waals surface area contributed by atoms with Crippen LogP contribution in [0.2, 0.25) is 0 Å². The van der Waals surface area contributed by atoms with E-state index >= 15 is 0 Å². The summed E-state index contributed by atoms with van der Waals surface area (Å²) in [6, 6.07) is 7.94. The Morgan fingerprint density at radius 3 is 2.69 bits per heavy atom. The van der Waals surface area contributed by atoms with Crippen molar-refractivity contribution in [2.24, 2.45) is 0 Å². The van der Waals surface area contributed by atoms with Gasteiger partial charge in [0.1, 0.15) is 0 Å². The molecule has 2 rings (SSSR count). The van der Waals surface area contributed by atoms with E-state index in [-0.39, 0.29) is 11.6 Å². The van der Waals surface area contributed by atoms with Gasteiger partial charge in [-0.05, 0) is 30.5 Å². The lowest BCUT2D eigenvalue weighted by Gasteiger charge is -2.14. The first kappa shape index (κ1) is 10.9. The second kappa shape index (κ2) is 4.49. The predicted molar refractivity (Wildman–Crippen MR) is 66.7 cm³/mol. The van der Waals surface area contributed by atoms with Crippen molar-refractivity contribution in [2.75, 3.05) is 6.54 Å². The molecule has 0 fully saturated rings. The molecule has 1 heterocycles. The maximum absolute atomic E-state index is 11.6. The number of H-pyrrole nitrogens is 1. The normalized spacial score (nSPS) is 12.9. The molecule has 1 aromatic carbocycles. The molecule has 0 saturated carbocycles. The van der Waals surface area contributed by atoms with Crippen LogP contribution in [0.4, 0.5) is 0 Å². The van der Waals surface area contributed by atoms with Gasteiger partial charge in [-0.15, -0.1) is 0 Å². The Kier molecular flexibility index (Phi) is 3.06. The van der Waals surface area contributed by atoms with Crippen LogP contribution in [0.15, 0.2) is 35.3 Å². The van der Waals surface area contributed by atoms with Crippen molar-refractivity contribution >= 4 is 10.8 Å². The van der Waals surface area contributed by atoms with Gasteiger partial charge in [0.2, 0.25) is 0 Å². The first-order valence-electron chi connectivity index (χ1n) is 5.57. The van der Waals surface area contributed by atoms with Crippen LogP contribution < -0.4 is 10.9 Å². The van der Waals surface area contributed by atoms with E-state index < -0.39 is 0 Å². The van der Waals surface area contributed by atoms with E-state index in [1.807, 2.05) is 24.3 Å². The molecule has 2 aromatic rings. The number of benzene rings is 1. The second-order valence-electron chi connectivity index (χ2n) is 3.90. The van der Waals surface area contributed by atoms with Crippen LogP contribution in [0, 0.1) is 0 Å². The van der Waals surface area contributed by atoms with Crippen molar-refractivity contribution in [3.63, 3.8) is 0 Å². The summed E-state index contributed by atoms with van der Waals surface area (Å²) in [5.74, 6) is 0. The molecular formula is C13H16N2O. The third kappa shape index (κ3) is 1.86. The first-order valence-corrected chi connectivity index (χ1v) is 5.57. The molecule has 16 heavy (non-hydrogen) atoms. The van der Waals surface area contributed by atoms with Crippen molar-refractivity contribution in [2.45, 2.75) is 19.9 Å². The highest BCUT2D eigenvalue weighted by molar-refractivity contribution is 5.84. The lowest BCUT2D eigenvalue weighted by atomic mass is 10.0. The monoisotopic (exact) mass is 216 g/mol. The van der Waals surface area contributed by atoms with Crippen LogP contribution in [0.3, 0.4) is 0 Å². The van der Waals surface area contributed by atoms with Gasteiger partial charge in [-0.2, -0.15) is 0 Å². The molecule has 0 aliphatic heterocycles. The summed E-state index contributed by atoms with van der Waals surface area (Å²) >= 11 is 0. The van der Waals surface area contributed by atoms with Gasteiger partial charge >= 0.3 is 0 Å². The molecule has 0 radical (unpaired) electrons. The topological polar surface area (TPSA) is 44.9 Å². The molecule has 1 atom stereocenters. The Labute approximate surface area is 94.5 Å². The van der Waals surface area contributed by atoms with E-state index in [1.54, 1.807) is 6.20 Å². The summed E-state index contributed by atoms with van der Waals surface area (Å²) in [6.45, 7) is 5.09. The van der Waals surface area contributed by atoms with Gasteiger partial charge in [0.05, 0.1) is 0 Å². The quantitative estimate of drug-likeness (QED) is 0.826. The molecule has 3 heteroatoms. The van der Waals surface area contributed by atoms with Crippen molar-refractivity contribution in [1.82, 2.24) is 10.3 Å². The van der Waals surface area contributed by atoms with Crippen LogP contribution in [-0.2, 0) is 0 Å². The fourth-order valence-corrected chi connectivity index (χ4v) is 2.01. The number of nitrogens with one attached hydrogen (secondary N) is 2. The maximum Gasteiger partial charge on any atom is 0.255 e. The van der Waals surface area contributed by atoms with E-state index in [0.717, 1.165) is 22.9 Å². The second-order valence-corrected chi connectivity index (χ2v) is 3.90. The number of aromatic amines is 1. The minimum atomic E-state index is -0.0250. The largest absolute Gasteiger partial charge is 0.328 e. The van der Waals surface area contributed by atoms with Gasteiger partial charge in [0, 0.05) is 17.6 Å². The molecular weight excluding hydrogens is 200 g/mol. The molecule has 0 aliphatic carbocycles. The van der Waals surface area contributed by atoms with E-state index in [1.165, 1.54) is 0 Å². The molecule has 1 unspecified atom stereocenters. The molecule has 0 aliphatic rings. The van der Waals surface area contributed by atoms with E-state index in [4.69, 9.17) is 0 Å². The third-order valence-corrected chi connectivity index (χ3v) is 2.82. The highest BCUT2D eigenvalue weighted by atomic mass is 16.1. The summed E-state index contributed by atoms with van der Waals surface area (Å²) in [6.07, 6.45) is 1.80. The fraction of sp³-hybridized carbons (Fsp3) is 0.308. The van der Waals surface area contributed by atoms with Gasteiger partial charge in [0.15, 0.2) is 0 Å². The fourth-order valence-electron chi connectivity index (χ4n) is 2.01. The highest BCUT2D eigenvalue weighted by Crippen LogP contribution is 2.20. The van der Waals surface area contributed by atoms with Crippen molar-refractivity contribution in [3.8, 4) is 0 Å². The van der Waals surface area contributed by atoms with Crippen LogP contribution in [0.1, 0.15) is 25.5 Å². The van der Waals surface area contributed by atoms with Crippen LogP contribution in [0.25, 0.3) is 10.8 Å². The summed E-state index contributed by atoms with van der Waals surface area (Å²) in [4.78, 5) is 14.4. The molecule has 84 valence electrons. The number of rotatable bonds is 3. The summed E-state index contributed by atoms with van der Waals surface area (Å²) in [7, 11) is 0. The molecule has 1 aromatic heterocycles. The summed E-state index contributed by atoms with van der Waals surface area (Å²) < 4.78 is 0. The molecule has 2 N–H and O–H groups in total. The van der Waals surface area contributed by atoms with E-state index in [9.17, 15) is 4.79 Å². The number of hydrogen-bond donors (Lipinski definition) is 2. The van der Waals surface area contributed by atoms with Gasteiger partial charge in [-0.25, -0.2) is 0 Å². The Hall–Kier alpha value is -1.61. The predicted octanol–water partition coefficient (Wildman–Crippen LogP) is 2.20. The van der Waals surface area contributed by atoms with Crippen LogP contribution >= 0.6 is 0 Å². The lowest BCUT2D eigenvalue weighted by molar-refractivity contribution is 0.600. The maximum atomic E-state index is 11.6. The summed E-state index contributed by atoms with van der Waals surface area (Å²) in [5, 5.41) is 5.13. The smallest absolute Gasteiger partial charge is 0.255 e. The number of aromatic nitrogens is 1. The van der Waals surface area contributed by atoms with Gasteiger partial charge < -0.3 is 10.3 Å². The highest BCUT2D eigenvalue weighted by Gasteiger charge is 2.09. The Balaban J connectivity index is 2.63. The number of hydrogen-bond acceptors (Lipinski definition) is 2. The average Bonchev–Trinajstić information content (AvgIpc) is 2.30. The minimum Gasteiger partial charge on any atom is -0.328 e. The minimum absolute atomic E-state index is 0.0250. The Bertz CT molecular complexity index is 545. The first-order chi connectivity index (χ1) is 7.74. The Morgan fingerprint density at radius 2 is 2.00 bits per heavy atom. The molecule has 0 bridgehead atoms. The van der Waals surface area contributed by atoms with Crippen LogP contribution in [-0.4, -0.2) is 11.5 Å². The van der Waals surface area contributed by atoms with Crippen molar-refractivity contribution < 1.29 is 0 Å². The average molecular weight is 216 g/mol. The SMILES string of the molecule is CCNC(C)c1c[nH]c(=O)c2ccccc12. The number of pyridine rings is 1. The standard InChI is InChI=1S/C13H16N2O/c1-3-14-9(2)12-8-15-13(16)11-7-5-4-6-10(11)12/h4-9,14H,3H2,1-2H3,(H,15,16). The van der Waals surface area contributed by atoms with Crippen molar-refractivity contribution in [1.29, 1.82) is 0 Å². The zero-order chi connectivity index (χ0) is 11.5. The van der Waals surface area contributed by atoms with Gasteiger partial charge in [-0.1, -0.05) is 25.1 Å². The molecule has 0 amide bonds. The molecule has 0 spiro atoms. The van der Waals surface area contributed by atoms with E-state index in [0.29, 0.717) is 0 Å². The van der Waals surface area contributed by atoms with E-state index in [2.05, 4.69) is 24.1 Å². The summed E-state index contributed by atoms with van der Waals surface area (Å²) in [5.41, 5.74) is 1.11. The van der Waals surface area contributed by atoms with Crippen molar-refractivity contribution in [3.05, 3.63) is 46.4 Å². The van der Waals surface area contributed by atoms with Crippen LogP contribution in [0.5, 0.6) is 0 Å². The van der Waals surface area contributed by atoms with Gasteiger partial charge in [0.25, 0.3) is 5.56 Å². The zero-order valence-electron chi connectivity index (χ0n) is 9.58. The Morgan fingerprint density at radius 1 is 1.31 bits per heavy atom. The molecule has 3 nitrogen and oxygen atoms in total. The third-order valence-electron chi connectivity index (χ3n) is 2.82. The lowest BCUT2D eigenvalue weighted by Crippen LogP contribution is -2.19. The number of fused-ring (bicyclic) bond motifs is 1. The van der Waals surface area contributed by atoms with Gasteiger partial charge in [-0.3, -0.25) is 4.79 Å².